The van der Waals surface area contributed by atoms with Gasteiger partial charge in [0.2, 0.25) is 5.75 Å². The lowest BCUT2D eigenvalue weighted by Gasteiger charge is -2.14. The first-order valence-corrected chi connectivity index (χ1v) is 9.22. The fourth-order valence-electron chi connectivity index (χ4n) is 2.48. The van der Waals surface area contributed by atoms with Gasteiger partial charge in [0.15, 0.2) is 16.6 Å². The van der Waals surface area contributed by atoms with Gasteiger partial charge in [0.25, 0.3) is 0 Å². The summed E-state index contributed by atoms with van der Waals surface area (Å²) in [4.78, 5) is 10.2. The van der Waals surface area contributed by atoms with Crippen molar-refractivity contribution in [3.63, 3.8) is 0 Å². The van der Waals surface area contributed by atoms with Crippen LogP contribution in [0.5, 0.6) is 17.2 Å². The molecule has 0 saturated carbocycles. The maximum atomic E-state index is 5.38. The number of aryl methyl sites for hydroxylation is 2. The number of rotatable bonds is 6. The Morgan fingerprint density at radius 2 is 1.64 bits per heavy atom. The molecule has 0 amide bonds. The summed E-state index contributed by atoms with van der Waals surface area (Å²) in [6.07, 6.45) is 0. The van der Waals surface area contributed by atoms with E-state index in [0.717, 1.165) is 32.1 Å². The third kappa shape index (κ3) is 3.54. The fraction of sp³-hybridized carbons (Fsp3) is 0.294. The monoisotopic (exact) mass is 377 g/mol. The lowest BCUT2D eigenvalue weighted by molar-refractivity contribution is 0.324. The van der Waals surface area contributed by atoms with E-state index in [2.05, 4.69) is 15.3 Å². The fourth-order valence-corrected chi connectivity index (χ4v) is 4.16. The molecule has 2 heterocycles. The van der Waals surface area contributed by atoms with Crippen LogP contribution in [0.2, 0.25) is 0 Å². The van der Waals surface area contributed by atoms with Gasteiger partial charge in [-0.15, -0.1) is 22.7 Å². The maximum Gasteiger partial charge on any atom is 0.203 e. The zero-order valence-electron chi connectivity index (χ0n) is 14.7. The van der Waals surface area contributed by atoms with E-state index in [9.17, 15) is 0 Å². The first kappa shape index (κ1) is 17.5. The van der Waals surface area contributed by atoms with Crippen molar-refractivity contribution < 1.29 is 14.2 Å². The highest BCUT2D eigenvalue weighted by molar-refractivity contribution is 7.16. The van der Waals surface area contributed by atoms with Crippen molar-refractivity contribution in [3.05, 3.63) is 28.2 Å². The lowest BCUT2D eigenvalue weighted by Crippen LogP contribution is -1.97. The largest absolute Gasteiger partial charge is 0.493 e. The number of anilines is 2. The first-order valence-electron chi connectivity index (χ1n) is 7.52. The molecule has 1 N–H and O–H groups in total. The van der Waals surface area contributed by atoms with E-state index in [1.807, 2.05) is 31.4 Å². The zero-order chi connectivity index (χ0) is 18.0. The van der Waals surface area contributed by atoms with Crippen LogP contribution in [0.1, 0.15) is 10.7 Å². The molecule has 0 saturated heterocycles. The van der Waals surface area contributed by atoms with Crippen LogP contribution in [0.25, 0.3) is 10.6 Å². The van der Waals surface area contributed by atoms with Gasteiger partial charge in [0, 0.05) is 23.2 Å². The Morgan fingerprint density at radius 1 is 0.960 bits per heavy atom. The summed E-state index contributed by atoms with van der Waals surface area (Å²) in [5, 5.41) is 7.15. The molecule has 2 aromatic heterocycles. The summed E-state index contributed by atoms with van der Waals surface area (Å²) in [6.45, 7) is 4.01. The minimum absolute atomic E-state index is 0.561. The molecule has 6 nitrogen and oxygen atoms in total. The molecule has 25 heavy (non-hydrogen) atoms. The summed E-state index contributed by atoms with van der Waals surface area (Å²) in [6, 6.07) is 3.70. The van der Waals surface area contributed by atoms with E-state index in [0.29, 0.717) is 17.2 Å². The van der Waals surface area contributed by atoms with Gasteiger partial charge in [-0.2, -0.15) is 0 Å². The van der Waals surface area contributed by atoms with E-state index >= 15 is 0 Å². The number of hydrogen-bond acceptors (Lipinski definition) is 8. The van der Waals surface area contributed by atoms with Crippen molar-refractivity contribution in [3.8, 4) is 27.8 Å². The Hall–Kier alpha value is -2.32. The average molecular weight is 377 g/mol. The zero-order valence-corrected chi connectivity index (χ0v) is 16.3. The molecular formula is C17H19N3O3S2. The number of thiazole rings is 2. The summed E-state index contributed by atoms with van der Waals surface area (Å²) in [5.41, 5.74) is 2.75. The second-order valence-electron chi connectivity index (χ2n) is 5.22. The molecule has 0 aliphatic carbocycles. The molecule has 3 aromatic rings. The lowest BCUT2D eigenvalue weighted by atomic mass is 10.2. The molecule has 0 unspecified atom stereocenters. The van der Waals surface area contributed by atoms with Crippen molar-refractivity contribution in [1.29, 1.82) is 0 Å². The smallest absolute Gasteiger partial charge is 0.203 e. The van der Waals surface area contributed by atoms with Crippen LogP contribution in [0, 0.1) is 13.8 Å². The number of nitrogens with zero attached hydrogens (tertiary/aromatic N) is 2. The third-order valence-corrected chi connectivity index (χ3v) is 5.41. The molecule has 0 aliphatic heterocycles. The second kappa shape index (κ2) is 7.28. The van der Waals surface area contributed by atoms with Crippen LogP contribution < -0.4 is 19.5 Å². The molecule has 0 atom stereocenters. The maximum absolute atomic E-state index is 5.38. The summed E-state index contributed by atoms with van der Waals surface area (Å²) in [5.74, 6) is 1.75. The number of ether oxygens (including phenoxy) is 3. The Bertz CT molecular complexity index is 864. The quantitative estimate of drug-likeness (QED) is 0.674. The van der Waals surface area contributed by atoms with Crippen LogP contribution in [0.4, 0.5) is 10.8 Å². The number of methoxy groups -OCH3 is 3. The number of hydrogen-bond donors (Lipinski definition) is 1. The number of nitrogens with one attached hydrogen (secondary N) is 1. The summed E-state index contributed by atoms with van der Waals surface area (Å²) < 4.78 is 16.1. The van der Waals surface area contributed by atoms with E-state index in [1.54, 1.807) is 32.7 Å². The minimum atomic E-state index is 0.561. The highest BCUT2D eigenvalue weighted by Crippen LogP contribution is 2.41. The topological polar surface area (TPSA) is 65.5 Å². The Labute approximate surface area is 154 Å². The predicted molar refractivity (Wildman–Crippen MR) is 102 cm³/mol. The normalized spacial score (nSPS) is 10.6. The summed E-state index contributed by atoms with van der Waals surface area (Å²) in [7, 11) is 4.77. The van der Waals surface area contributed by atoms with Gasteiger partial charge in [-0.05, 0) is 13.8 Å². The number of benzene rings is 1. The van der Waals surface area contributed by atoms with Gasteiger partial charge in [-0.1, -0.05) is 0 Å². The molecule has 0 bridgehead atoms. The number of aromatic nitrogens is 2. The van der Waals surface area contributed by atoms with Crippen molar-refractivity contribution in [1.82, 2.24) is 9.97 Å². The van der Waals surface area contributed by atoms with E-state index in [1.165, 1.54) is 11.3 Å². The first-order chi connectivity index (χ1) is 12.0. The third-order valence-electron chi connectivity index (χ3n) is 3.56. The summed E-state index contributed by atoms with van der Waals surface area (Å²) >= 11 is 3.19. The van der Waals surface area contributed by atoms with Gasteiger partial charge in [0.1, 0.15) is 0 Å². The molecule has 8 heteroatoms. The Morgan fingerprint density at radius 3 is 2.16 bits per heavy atom. The van der Waals surface area contributed by atoms with Crippen molar-refractivity contribution in [2.24, 2.45) is 0 Å². The molecule has 3 rings (SSSR count). The Kier molecular flexibility index (Phi) is 5.10. The van der Waals surface area contributed by atoms with E-state index in [-0.39, 0.29) is 0 Å². The van der Waals surface area contributed by atoms with Crippen molar-refractivity contribution in [2.75, 3.05) is 26.6 Å². The van der Waals surface area contributed by atoms with Gasteiger partial charge in [-0.3, -0.25) is 0 Å². The average Bonchev–Trinajstić information content (AvgIpc) is 3.19. The van der Waals surface area contributed by atoms with Crippen LogP contribution in [0.15, 0.2) is 17.5 Å². The standard InChI is InChI=1S/C17H19N3O3S2/c1-9-16(25-10(2)18-9)12-8-24-17(20-12)19-11-6-13(21-3)15(23-5)14(7-11)22-4/h6-8H,1-5H3,(H,19,20). The highest BCUT2D eigenvalue weighted by Gasteiger charge is 2.15. The van der Waals surface area contributed by atoms with Gasteiger partial charge in [0.05, 0.1) is 42.6 Å². The van der Waals surface area contributed by atoms with E-state index in [4.69, 9.17) is 14.2 Å². The molecule has 0 radical (unpaired) electrons. The molecule has 0 fully saturated rings. The SMILES string of the molecule is COc1cc(Nc2nc(-c3sc(C)nc3C)cs2)cc(OC)c1OC. The van der Waals surface area contributed by atoms with Crippen LogP contribution >= 0.6 is 22.7 Å². The van der Waals surface area contributed by atoms with Crippen LogP contribution in [-0.4, -0.2) is 31.3 Å². The van der Waals surface area contributed by atoms with Gasteiger partial charge in [-0.25, -0.2) is 9.97 Å². The van der Waals surface area contributed by atoms with Crippen molar-refractivity contribution in [2.45, 2.75) is 13.8 Å². The highest BCUT2D eigenvalue weighted by atomic mass is 32.1. The van der Waals surface area contributed by atoms with Crippen LogP contribution in [0.3, 0.4) is 0 Å². The van der Waals surface area contributed by atoms with Crippen LogP contribution in [-0.2, 0) is 0 Å². The second-order valence-corrected chi connectivity index (χ2v) is 7.29. The Balaban J connectivity index is 1.89. The molecule has 1 aromatic carbocycles. The minimum Gasteiger partial charge on any atom is -0.493 e. The molecule has 0 spiro atoms. The molecule has 132 valence electrons. The van der Waals surface area contributed by atoms with Crippen molar-refractivity contribution >= 4 is 33.5 Å². The molecular weight excluding hydrogens is 358 g/mol. The molecule has 0 aliphatic rings. The van der Waals surface area contributed by atoms with Gasteiger partial charge >= 0.3 is 0 Å². The predicted octanol–water partition coefficient (Wildman–Crippen LogP) is 4.65. The van der Waals surface area contributed by atoms with Gasteiger partial charge < -0.3 is 19.5 Å². The van der Waals surface area contributed by atoms with E-state index < -0.39 is 0 Å².